The van der Waals surface area contributed by atoms with E-state index in [0.717, 1.165) is 11.1 Å². The number of fused-ring (bicyclic) bond motifs is 1. The number of imidazole rings is 1. The zero-order chi connectivity index (χ0) is 21.8. The van der Waals surface area contributed by atoms with Crippen molar-refractivity contribution in [2.24, 2.45) is 0 Å². The summed E-state index contributed by atoms with van der Waals surface area (Å²) >= 11 is 11.8. The number of aromatic nitrogens is 2. The van der Waals surface area contributed by atoms with Crippen molar-refractivity contribution in [3.8, 4) is 0 Å². The molecule has 1 N–H and O–H groups in total. The first kappa shape index (κ1) is 21.1. The molecule has 156 valence electrons. The Labute approximate surface area is 189 Å². The van der Waals surface area contributed by atoms with E-state index >= 15 is 0 Å². The van der Waals surface area contributed by atoms with Crippen LogP contribution in [0.3, 0.4) is 0 Å². The van der Waals surface area contributed by atoms with Gasteiger partial charge >= 0.3 is 0 Å². The number of nitrogens with zero attached hydrogens (tertiary/aromatic N) is 2. The van der Waals surface area contributed by atoms with Crippen molar-refractivity contribution in [3.05, 3.63) is 99.8 Å². The van der Waals surface area contributed by atoms with Gasteiger partial charge in [0.05, 0.1) is 11.0 Å². The molecular formula is C24H19Cl2N3O2. The number of rotatable bonds is 7. The summed E-state index contributed by atoms with van der Waals surface area (Å²) in [7, 11) is 0. The van der Waals surface area contributed by atoms with Gasteiger partial charge in [0.25, 0.3) is 0 Å². The Kier molecular flexibility index (Phi) is 6.35. The van der Waals surface area contributed by atoms with E-state index in [9.17, 15) is 9.59 Å². The van der Waals surface area contributed by atoms with E-state index in [4.69, 9.17) is 23.2 Å². The van der Waals surface area contributed by atoms with Gasteiger partial charge in [-0.3, -0.25) is 9.59 Å². The molecule has 4 rings (SSSR count). The number of hydrogen-bond acceptors (Lipinski definition) is 3. The molecule has 0 aliphatic rings. The second-order valence-electron chi connectivity index (χ2n) is 7.07. The fourth-order valence-electron chi connectivity index (χ4n) is 3.34. The molecule has 5 nitrogen and oxygen atoms in total. The van der Waals surface area contributed by atoms with Gasteiger partial charge in [-0.2, -0.15) is 0 Å². The molecule has 0 saturated heterocycles. The predicted octanol–water partition coefficient (Wildman–Crippen LogP) is 4.93. The molecule has 0 fully saturated rings. The van der Waals surface area contributed by atoms with Crippen molar-refractivity contribution >= 4 is 45.9 Å². The van der Waals surface area contributed by atoms with E-state index in [-0.39, 0.29) is 24.1 Å². The largest absolute Gasteiger partial charge is 0.354 e. The van der Waals surface area contributed by atoms with Crippen LogP contribution in [0, 0.1) is 0 Å². The molecule has 1 heterocycles. The highest BCUT2D eigenvalue weighted by molar-refractivity contribution is 6.31. The summed E-state index contributed by atoms with van der Waals surface area (Å²) in [4.78, 5) is 30.2. The Balaban J connectivity index is 1.52. The minimum atomic E-state index is -0.262. The molecule has 31 heavy (non-hydrogen) atoms. The normalized spacial score (nSPS) is 10.9. The van der Waals surface area contributed by atoms with Crippen molar-refractivity contribution < 1.29 is 9.59 Å². The minimum Gasteiger partial charge on any atom is -0.354 e. The van der Waals surface area contributed by atoms with Crippen LogP contribution in [0.5, 0.6) is 0 Å². The topological polar surface area (TPSA) is 64.0 Å². The van der Waals surface area contributed by atoms with Gasteiger partial charge in [-0.05, 0) is 60.5 Å². The Hall–Kier alpha value is -3.15. The number of amides is 1. The molecular weight excluding hydrogens is 433 g/mol. The van der Waals surface area contributed by atoms with Crippen molar-refractivity contribution in [3.63, 3.8) is 0 Å². The van der Waals surface area contributed by atoms with E-state index in [1.54, 1.807) is 28.8 Å². The summed E-state index contributed by atoms with van der Waals surface area (Å²) in [6.07, 6.45) is 0.685. The summed E-state index contributed by atoms with van der Waals surface area (Å²) in [5.74, 6) is -0.236. The highest BCUT2D eigenvalue weighted by atomic mass is 35.5. The third kappa shape index (κ3) is 4.95. The van der Waals surface area contributed by atoms with E-state index in [2.05, 4.69) is 10.3 Å². The zero-order valence-corrected chi connectivity index (χ0v) is 18.0. The van der Waals surface area contributed by atoms with Crippen molar-refractivity contribution in [1.29, 1.82) is 0 Å². The molecule has 0 aliphatic carbocycles. The first-order chi connectivity index (χ1) is 15.0. The Bertz CT molecular complexity index is 1230. The van der Waals surface area contributed by atoms with Crippen LogP contribution in [0.4, 0.5) is 0 Å². The predicted molar refractivity (Wildman–Crippen MR) is 123 cm³/mol. The maximum Gasteiger partial charge on any atom is 0.240 e. The number of nitrogens with one attached hydrogen (secondary N) is 1. The van der Waals surface area contributed by atoms with Crippen molar-refractivity contribution in [2.75, 3.05) is 6.54 Å². The van der Waals surface area contributed by atoms with Crippen LogP contribution in [0.2, 0.25) is 10.0 Å². The molecule has 0 spiro atoms. The van der Waals surface area contributed by atoms with Gasteiger partial charge in [0.15, 0.2) is 5.82 Å². The Morgan fingerprint density at radius 2 is 1.52 bits per heavy atom. The lowest BCUT2D eigenvalue weighted by atomic mass is 10.1. The number of para-hydroxylation sites is 2. The minimum absolute atomic E-state index is 0.00417. The second kappa shape index (κ2) is 9.33. The number of benzene rings is 3. The van der Waals surface area contributed by atoms with Gasteiger partial charge in [0, 0.05) is 22.2 Å². The van der Waals surface area contributed by atoms with Crippen LogP contribution in [-0.4, -0.2) is 27.8 Å². The van der Waals surface area contributed by atoms with Crippen LogP contribution in [0.1, 0.15) is 21.7 Å². The van der Waals surface area contributed by atoms with Crippen molar-refractivity contribution in [2.45, 2.75) is 13.0 Å². The molecule has 0 unspecified atom stereocenters. The van der Waals surface area contributed by atoms with Gasteiger partial charge in [0.2, 0.25) is 11.7 Å². The summed E-state index contributed by atoms with van der Waals surface area (Å²) < 4.78 is 1.66. The molecule has 1 amide bonds. The molecule has 7 heteroatoms. The number of carbonyl (C=O) groups excluding carboxylic acids is 2. The lowest BCUT2D eigenvalue weighted by Crippen LogP contribution is -2.30. The lowest BCUT2D eigenvalue weighted by Gasteiger charge is -2.10. The molecule has 0 atom stereocenters. The summed E-state index contributed by atoms with van der Waals surface area (Å²) in [5, 5.41) is 4.14. The summed E-state index contributed by atoms with van der Waals surface area (Å²) in [6.45, 7) is 0.476. The number of carbonyl (C=O) groups is 2. The second-order valence-corrected chi connectivity index (χ2v) is 7.95. The molecule has 0 aliphatic heterocycles. The van der Waals surface area contributed by atoms with Crippen LogP contribution in [0.25, 0.3) is 11.0 Å². The monoisotopic (exact) mass is 451 g/mol. The maximum atomic E-state index is 13.1. The van der Waals surface area contributed by atoms with Gasteiger partial charge in [0.1, 0.15) is 6.54 Å². The highest BCUT2D eigenvalue weighted by Crippen LogP contribution is 2.20. The zero-order valence-electron chi connectivity index (χ0n) is 16.5. The maximum absolute atomic E-state index is 13.1. The van der Waals surface area contributed by atoms with Gasteiger partial charge < -0.3 is 9.88 Å². The fourth-order valence-corrected chi connectivity index (χ4v) is 3.59. The quantitative estimate of drug-likeness (QED) is 0.405. The smallest absolute Gasteiger partial charge is 0.240 e. The third-order valence-electron chi connectivity index (χ3n) is 4.91. The molecule has 0 radical (unpaired) electrons. The number of hydrogen-bond donors (Lipinski definition) is 1. The Morgan fingerprint density at radius 1 is 0.871 bits per heavy atom. The van der Waals surface area contributed by atoms with E-state index in [0.29, 0.717) is 34.1 Å². The molecule has 0 saturated carbocycles. The number of ketones is 1. The average molecular weight is 452 g/mol. The van der Waals surface area contributed by atoms with Crippen molar-refractivity contribution in [1.82, 2.24) is 14.9 Å². The highest BCUT2D eigenvalue weighted by Gasteiger charge is 2.20. The average Bonchev–Trinajstić information content (AvgIpc) is 3.13. The molecule has 1 aromatic heterocycles. The van der Waals surface area contributed by atoms with Crippen LogP contribution < -0.4 is 5.32 Å². The standard InChI is InChI=1S/C24H19Cl2N3O2/c25-18-9-5-16(6-10-18)13-14-27-22(30)15-29-21-4-2-1-3-20(21)28-24(29)23(31)17-7-11-19(26)12-8-17/h1-12H,13-15H2,(H,27,30). The van der Waals surface area contributed by atoms with E-state index in [1.165, 1.54) is 0 Å². The first-order valence-electron chi connectivity index (χ1n) is 9.78. The van der Waals surface area contributed by atoms with Gasteiger partial charge in [-0.1, -0.05) is 47.5 Å². The summed E-state index contributed by atoms with van der Waals surface area (Å²) in [5.41, 5.74) is 2.93. The van der Waals surface area contributed by atoms with Crippen LogP contribution >= 0.6 is 23.2 Å². The fraction of sp³-hybridized carbons (Fsp3) is 0.125. The molecule has 0 bridgehead atoms. The molecule has 4 aromatic rings. The SMILES string of the molecule is O=C(Cn1c(C(=O)c2ccc(Cl)cc2)nc2ccccc21)NCCc1ccc(Cl)cc1. The van der Waals surface area contributed by atoms with Gasteiger partial charge in [-0.15, -0.1) is 0 Å². The number of halogens is 2. The lowest BCUT2D eigenvalue weighted by molar-refractivity contribution is -0.121. The van der Waals surface area contributed by atoms with Crippen LogP contribution in [-0.2, 0) is 17.8 Å². The van der Waals surface area contributed by atoms with Crippen LogP contribution in [0.15, 0.2) is 72.8 Å². The van der Waals surface area contributed by atoms with Gasteiger partial charge in [-0.25, -0.2) is 4.98 Å². The van der Waals surface area contributed by atoms with E-state index in [1.807, 2.05) is 48.5 Å². The molecule has 3 aromatic carbocycles. The first-order valence-corrected chi connectivity index (χ1v) is 10.5. The third-order valence-corrected chi connectivity index (χ3v) is 5.42. The summed E-state index contributed by atoms with van der Waals surface area (Å²) in [6, 6.07) is 21.5. The Morgan fingerprint density at radius 3 is 2.23 bits per heavy atom. The van der Waals surface area contributed by atoms with E-state index < -0.39 is 0 Å².